The first-order valence-electron chi connectivity index (χ1n) is 11.2. The van der Waals surface area contributed by atoms with Gasteiger partial charge in [0.2, 0.25) is 5.72 Å². The highest BCUT2D eigenvalue weighted by atomic mass is 16.5. The lowest BCUT2D eigenvalue weighted by atomic mass is 9.90. The first kappa shape index (κ1) is 18.6. The van der Waals surface area contributed by atoms with E-state index in [0.717, 1.165) is 55.9 Å². The molecule has 1 atom stereocenters. The van der Waals surface area contributed by atoms with Crippen molar-refractivity contribution < 1.29 is 9.64 Å². The molecule has 0 amide bonds. The maximum Gasteiger partial charge on any atom is 0.208 e. The third-order valence-electron chi connectivity index (χ3n) is 6.95. The number of hydrogen-bond donors (Lipinski definition) is 1. The highest BCUT2D eigenvalue weighted by molar-refractivity contribution is 6.01. The molecule has 0 unspecified atom stereocenters. The predicted octanol–water partition coefficient (Wildman–Crippen LogP) is 3.20. The zero-order valence-electron chi connectivity index (χ0n) is 17.6. The summed E-state index contributed by atoms with van der Waals surface area (Å²) in [7, 11) is 0. The van der Waals surface area contributed by atoms with Crippen molar-refractivity contribution in [3.05, 3.63) is 95.8 Å². The molecular weight excluding hydrogens is 384 g/mol. The Morgan fingerprint density at radius 3 is 2.48 bits per heavy atom. The SMILES string of the molecule is c1ccc(C[NH+]2CCC3(CC2)Oc2ccccc2[C@H]2CC(c4ccncc4)=NN23)cc1. The van der Waals surface area contributed by atoms with Crippen LogP contribution in [0.4, 0.5) is 0 Å². The van der Waals surface area contributed by atoms with Gasteiger partial charge in [-0.15, -0.1) is 0 Å². The van der Waals surface area contributed by atoms with E-state index < -0.39 is 0 Å². The number of aromatic nitrogens is 1. The molecule has 31 heavy (non-hydrogen) atoms. The van der Waals surface area contributed by atoms with Crippen LogP contribution in [0.1, 0.15) is 42.0 Å². The minimum absolute atomic E-state index is 0.240. The van der Waals surface area contributed by atoms with Crippen molar-refractivity contribution in [2.45, 2.75) is 37.6 Å². The molecule has 3 aliphatic rings. The summed E-state index contributed by atoms with van der Waals surface area (Å²) in [5.74, 6) is 1.03. The Hall–Kier alpha value is -3.18. The fourth-order valence-corrected chi connectivity index (χ4v) is 5.33. The molecule has 0 bridgehead atoms. The van der Waals surface area contributed by atoms with E-state index >= 15 is 0 Å². The third kappa shape index (κ3) is 3.29. The maximum absolute atomic E-state index is 6.75. The number of pyridine rings is 1. The van der Waals surface area contributed by atoms with Crippen LogP contribution in [0.25, 0.3) is 0 Å². The summed E-state index contributed by atoms with van der Waals surface area (Å²) >= 11 is 0. The smallest absolute Gasteiger partial charge is 0.208 e. The second kappa shape index (κ2) is 7.50. The van der Waals surface area contributed by atoms with Crippen LogP contribution in [-0.2, 0) is 6.54 Å². The lowest BCUT2D eigenvalue weighted by Gasteiger charge is -2.50. The number of ether oxygens (including phenoxy) is 1. The highest BCUT2D eigenvalue weighted by Gasteiger charge is 2.52. The van der Waals surface area contributed by atoms with E-state index in [1.54, 1.807) is 4.90 Å². The fraction of sp³-hybridized carbons (Fsp3) is 0.308. The number of hydrogen-bond acceptors (Lipinski definition) is 4. The Bertz CT molecular complexity index is 1090. The summed E-state index contributed by atoms with van der Waals surface area (Å²) < 4.78 is 6.75. The van der Waals surface area contributed by atoms with Gasteiger partial charge < -0.3 is 9.64 Å². The average molecular weight is 412 g/mol. The molecule has 1 fully saturated rings. The van der Waals surface area contributed by atoms with Gasteiger partial charge in [0.05, 0.1) is 37.7 Å². The molecule has 3 aromatic rings. The number of likely N-dealkylation sites (tertiary alicyclic amines) is 1. The normalized spacial score (nSPS) is 26.7. The molecule has 0 aliphatic carbocycles. The van der Waals surface area contributed by atoms with E-state index in [-0.39, 0.29) is 11.8 Å². The zero-order valence-corrected chi connectivity index (χ0v) is 17.6. The Balaban J connectivity index is 1.29. The van der Waals surface area contributed by atoms with E-state index in [9.17, 15) is 0 Å². The van der Waals surface area contributed by atoms with Gasteiger partial charge >= 0.3 is 0 Å². The number of hydrazone groups is 1. The topological polar surface area (TPSA) is 42.2 Å². The maximum atomic E-state index is 6.75. The Morgan fingerprint density at radius 1 is 0.935 bits per heavy atom. The zero-order chi connectivity index (χ0) is 20.7. The van der Waals surface area contributed by atoms with Crippen LogP contribution < -0.4 is 9.64 Å². The van der Waals surface area contributed by atoms with Crippen molar-refractivity contribution in [1.82, 2.24) is 9.99 Å². The van der Waals surface area contributed by atoms with Crippen molar-refractivity contribution in [2.75, 3.05) is 13.1 Å². The molecule has 4 heterocycles. The van der Waals surface area contributed by atoms with Gasteiger partial charge in [-0.3, -0.25) is 4.98 Å². The van der Waals surface area contributed by atoms with E-state index in [1.807, 2.05) is 12.4 Å². The van der Waals surface area contributed by atoms with Crippen LogP contribution in [-0.4, -0.2) is 34.5 Å². The molecule has 3 aliphatic heterocycles. The van der Waals surface area contributed by atoms with Gasteiger partial charge in [0.15, 0.2) is 0 Å². The van der Waals surface area contributed by atoms with Gasteiger partial charge in [0.25, 0.3) is 0 Å². The quantitative estimate of drug-likeness (QED) is 0.720. The number of nitrogens with zero attached hydrogens (tertiary/aromatic N) is 3. The van der Waals surface area contributed by atoms with Gasteiger partial charge in [0, 0.05) is 35.5 Å². The lowest BCUT2D eigenvalue weighted by Crippen LogP contribution is -3.12. The molecular formula is C26H27N4O+. The molecule has 0 radical (unpaired) electrons. The van der Waals surface area contributed by atoms with Gasteiger partial charge in [-0.25, -0.2) is 5.01 Å². The van der Waals surface area contributed by atoms with E-state index in [2.05, 4.69) is 76.7 Å². The van der Waals surface area contributed by atoms with Crippen molar-refractivity contribution in [1.29, 1.82) is 0 Å². The summed E-state index contributed by atoms with van der Waals surface area (Å²) in [5.41, 5.74) is 4.59. The van der Waals surface area contributed by atoms with E-state index in [4.69, 9.17) is 9.84 Å². The molecule has 5 heteroatoms. The summed E-state index contributed by atoms with van der Waals surface area (Å²) in [5, 5.41) is 7.45. The van der Waals surface area contributed by atoms with Crippen molar-refractivity contribution in [3.63, 3.8) is 0 Å². The summed E-state index contributed by atoms with van der Waals surface area (Å²) in [6, 6.07) is 23.7. The van der Waals surface area contributed by atoms with Crippen LogP contribution in [0.5, 0.6) is 5.75 Å². The monoisotopic (exact) mass is 411 g/mol. The average Bonchev–Trinajstić information content (AvgIpc) is 3.29. The lowest BCUT2D eigenvalue weighted by molar-refractivity contribution is -0.921. The molecule has 5 nitrogen and oxygen atoms in total. The van der Waals surface area contributed by atoms with Crippen molar-refractivity contribution in [2.24, 2.45) is 5.10 Å². The number of para-hydroxylation sites is 1. The summed E-state index contributed by atoms with van der Waals surface area (Å²) in [4.78, 5) is 5.79. The minimum atomic E-state index is -0.353. The van der Waals surface area contributed by atoms with Gasteiger partial charge in [-0.2, -0.15) is 5.10 Å². The third-order valence-corrected chi connectivity index (χ3v) is 6.95. The Labute approximate surface area is 183 Å². The standard InChI is InChI=1S/C26H26N4O/c1-2-6-20(7-3-1)19-29-16-12-26(13-17-29)30-24(22-8-4-5-9-25(22)31-26)18-23(28-30)21-10-14-27-15-11-21/h1-11,14-15,24H,12-13,16-19H2/p+1/t24-/m1/s1. The predicted molar refractivity (Wildman–Crippen MR) is 120 cm³/mol. The molecule has 6 rings (SSSR count). The van der Waals surface area contributed by atoms with Crippen LogP contribution in [0.15, 0.2) is 84.2 Å². The number of quaternary nitrogens is 1. The van der Waals surface area contributed by atoms with E-state index in [1.165, 1.54) is 11.1 Å². The minimum Gasteiger partial charge on any atom is -0.466 e. The van der Waals surface area contributed by atoms with Crippen LogP contribution in [0.3, 0.4) is 0 Å². The van der Waals surface area contributed by atoms with Gasteiger partial charge in [0.1, 0.15) is 12.3 Å². The second-order valence-electron chi connectivity index (χ2n) is 8.85. The van der Waals surface area contributed by atoms with Crippen LogP contribution in [0, 0.1) is 0 Å². The Kier molecular flexibility index (Phi) is 4.50. The largest absolute Gasteiger partial charge is 0.466 e. The van der Waals surface area contributed by atoms with Crippen LogP contribution >= 0.6 is 0 Å². The van der Waals surface area contributed by atoms with Crippen molar-refractivity contribution in [3.8, 4) is 5.75 Å². The van der Waals surface area contributed by atoms with E-state index in [0.29, 0.717) is 0 Å². The highest BCUT2D eigenvalue weighted by Crippen LogP contribution is 2.49. The molecule has 2 aromatic carbocycles. The van der Waals surface area contributed by atoms with Gasteiger partial charge in [-0.1, -0.05) is 48.5 Å². The number of nitrogens with one attached hydrogen (secondary N) is 1. The molecule has 1 spiro atoms. The molecule has 156 valence electrons. The van der Waals surface area contributed by atoms with Crippen LogP contribution in [0.2, 0.25) is 0 Å². The first-order chi connectivity index (χ1) is 15.3. The van der Waals surface area contributed by atoms with Gasteiger partial charge in [-0.05, 0) is 18.2 Å². The summed E-state index contributed by atoms with van der Waals surface area (Å²) in [6.07, 6.45) is 6.56. The number of rotatable bonds is 3. The number of fused-ring (bicyclic) bond motifs is 4. The fourth-order valence-electron chi connectivity index (χ4n) is 5.33. The second-order valence-corrected chi connectivity index (χ2v) is 8.85. The molecule has 1 aromatic heterocycles. The number of benzene rings is 2. The van der Waals surface area contributed by atoms with Crippen molar-refractivity contribution >= 4 is 5.71 Å². The first-order valence-corrected chi connectivity index (χ1v) is 11.2. The number of piperidine rings is 1. The Morgan fingerprint density at radius 2 is 1.68 bits per heavy atom. The molecule has 0 saturated carbocycles. The molecule has 1 saturated heterocycles. The molecule has 1 N–H and O–H groups in total. The summed E-state index contributed by atoms with van der Waals surface area (Å²) in [6.45, 7) is 3.24.